The molecule has 0 aromatic carbocycles. The first-order valence-electron chi connectivity index (χ1n) is 6.14. The van der Waals surface area contributed by atoms with Crippen molar-refractivity contribution in [3.63, 3.8) is 0 Å². The zero-order chi connectivity index (χ0) is 14.8. The van der Waals surface area contributed by atoms with E-state index in [9.17, 15) is 18.0 Å². The normalized spacial score (nSPS) is 17.1. The van der Waals surface area contributed by atoms with E-state index in [-0.39, 0.29) is 11.9 Å². The Hall–Kier alpha value is -1.99. The summed E-state index contributed by atoms with van der Waals surface area (Å²) in [5.74, 6) is 0.272. The maximum Gasteiger partial charge on any atom is 0.416 e. The highest BCUT2D eigenvalue weighted by Gasteiger charge is 2.31. The molecule has 1 aliphatic heterocycles. The SMILES string of the molecule is O=C(O)NC1CCN(c2cc(C(F)(F)F)ccn2)CC1. The predicted molar refractivity (Wildman–Crippen MR) is 65.6 cm³/mol. The van der Waals surface area contributed by atoms with Crippen molar-refractivity contribution in [3.05, 3.63) is 23.9 Å². The van der Waals surface area contributed by atoms with Crippen molar-refractivity contribution >= 4 is 11.9 Å². The van der Waals surface area contributed by atoms with Crippen LogP contribution in [-0.2, 0) is 6.18 Å². The van der Waals surface area contributed by atoms with Crippen molar-refractivity contribution < 1.29 is 23.1 Å². The van der Waals surface area contributed by atoms with E-state index in [1.807, 2.05) is 0 Å². The number of aromatic nitrogens is 1. The molecule has 2 heterocycles. The van der Waals surface area contributed by atoms with Gasteiger partial charge in [0.2, 0.25) is 0 Å². The molecule has 1 aromatic heterocycles. The van der Waals surface area contributed by atoms with E-state index < -0.39 is 17.8 Å². The number of alkyl halides is 3. The summed E-state index contributed by atoms with van der Waals surface area (Å²) in [5.41, 5.74) is -0.728. The minimum atomic E-state index is -4.39. The minimum Gasteiger partial charge on any atom is -0.465 e. The van der Waals surface area contributed by atoms with Gasteiger partial charge in [0.15, 0.2) is 0 Å². The Balaban J connectivity index is 2.02. The molecule has 2 rings (SSSR count). The maximum absolute atomic E-state index is 12.6. The van der Waals surface area contributed by atoms with Crippen molar-refractivity contribution in [1.29, 1.82) is 0 Å². The van der Waals surface area contributed by atoms with Crippen molar-refractivity contribution in [3.8, 4) is 0 Å². The van der Waals surface area contributed by atoms with E-state index in [4.69, 9.17) is 5.11 Å². The summed E-state index contributed by atoms with van der Waals surface area (Å²) in [4.78, 5) is 16.2. The Bertz CT molecular complexity index is 485. The first-order chi connectivity index (χ1) is 9.36. The van der Waals surface area contributed by atoms with Gasteiger partial charge in [-0.25, -0.2) is 9.78 Å². The van der Waals surface area contributed by atoms with Crippen LogP contribution in [0, 0.1) is 0 Å². The minimum absolute atomic E-state index is 0.158. The van der Waals surface area contributed by atoms with Gasteiger partial charge >= 0.3 is 12.3 Å². The van der Waals surface area contributed by atoms with E-state index in [1.165, 1.54) is 0 Å². The number of anilines is 1. The van der Waals surface area contributed by atoms with Gasteiger partial charge in [-0.1, -0.05) is 0 Å². The lowest BCUT2D eigenvalue weighted by atomic mass is 10.1. The molecule has 0 radical (unpaired) electrons. The number of rotatable bonds is 2. The Kier molecular flexibility index (Phi) is 4.01. The molecular formula is C12H14F3N3O2. The number of nitrogens with zero attached hydrogens (tertiary/aromatic N) is 2. The lowest BCUT2D eigenvalue weighted by Crippen LogP contribution is -2.44. The Morgan fingerprint density at radius 2 is 2.05 bits per heavy atom. The molecule has 0 bridgehead atoms. The van der Waals surface area contributed by atoms with Crippen LogP contribution in [0.1, 0.15) is 18.4 Å². The van der Waals surface area contributed by atoms with Gasteiger partial charge in [0.05, 0.1) is 5.56 Å². The molecule has 1 aliphatic rings. The first kappa shape index (κ1) is 14.4. The number of halogens is 3. The number of carboxylic acid groups (broad SMARTS) is 1. The van der Waals surface area contributed by atoms with Gasteiger partial charge in [0.25, 0.3) is 0 Å². The van der Waals surface area contributed by atoms with Crippen LogP contribution in [-0.4, -0.2) is 35.3 Å². The molecule has 0 aliphatic carbocycles. The highest BCUT2D eigenvalue weighted by Crippen LogP contribution is 2.31. The molecule has 8 heteroatoms. The third kappa shape index (κ3) is 3.52. The van der Waals surface area contributed by atoms with Gasteiger partial charge < -0.3 is 15.3 Å². The molecule has 20 heavy (non-hydrogen) atoms. The number of piperidine rings is 1. The summed E-state index contributed by atoms with van der Waals surface area (Å²) in [7, 11) is 0. The summed E-state index contributed by atoms with van der Waals surface area (Å²) in [6.45, 7) is 0.943. The Labute approximate surface area is 113 Å². The number of hydrogen-bond acceptors (Lipinski definition) is 3. The quantitative estimate of drug-likeness (QED) is 0.877. The molecule has 1 aromatic rings. The van der Waals surface area contributed by atoms with Crippen LogP contribution >= 0.6 is 0 Å². The van der Waals surface area contributed by atoms with Crippen LogP contribution in [0.3, 0.4) is 0 Å². The van der Waals surface area contributed by atoms with Crippen LogP contribution in [0.5, 0.6) is 0 Å². The number of amides is 1. The van der Waals surface area contributed by atoms with E-state index in [1.54, 1.807) is 4.90 Å². The third-order valence-corrected chi connectivity index (χ3v) is 3.22. The average molecular weight is 289 g/mol. The molecule has 5 nitrogen and oxygen atoms in total. The molecule has 0 unspecified atom stereocenters. The van der Waals surface area contributed by atoms with Crippen LogP contribution in [0.15, 0.2) is 18.3 Å². The maximum atomic E-state index is 12.6. The van der Waals surface area contributed by atoms with Gasteiger partial charge in [-0.2, -0.15) is 13.2 Å². The summed E-state index contributed by atoms with van der Waals surface area (Å²) in [6, 6.07) is 1.79. The second kappa shape index (κ2) is 5.56. The molecule has 1 saturated heterocycles. The molecule has 0 atom stereocenters. The fourth-order valence-electron chi connectivity index (χ4n) is 2.20. The molecule has 2 N–H and O–H groups in total. The van der Waals surface area contributed by atoms with E-state index in [0.717, 1.165) is 18.3 Å². The molecule has 1 fully saturated rings. The smallest absolute Gasteiger partial charge is 0.416 e. The fraction of sp³-hybridized carbons (Fsp3) is 0.500. The highest BCUT2D eigenvalue weighted by molar-refractivity contribution is 5.64. The first-order valence-corrected chi connectivity index (χ1v) is 6.14. The van der Waals surface area contributed by atoms with E-state index >= 15 is 0 Å². The number of carbonyl (C=O) groups is 1. The van der Waals surface area contributed by atoms with Gasteiger partial charge in [0.1, 0.15) is 5.82 Å². The average Bonchev–Trinajstić information content (AvgIpc) is 2.38. The molecule has 110 valence electrons. The third-order valence-electron chi connectivity index (χ3n) is 3.22. The van der Waals surface area contributed by atoms with Crippen LogP contribution in [0.4, 0.5) is 23.8 Å². The highest BCUT2D eigenvalue weighted by atomic mass is 19.4. The largest absolute Gasteiger partial charge is 0.465 e. The Morgan fingerprint density at radius 3 is 2.60 bits per heavy atom. The van der Waals surface area contributed by atoms with Gasteiger partial charge in [0, 0.05) is 25.3 Å². The zero-order valence-corrected chi connectivity index (χ0v) is 10.5. The summed E-state index contributed by atoms with van der Waals surface area (Å²) in [6.07, 6.45) is -3.24. The van der Waals surface area contributed by atoms with Gasteiger partial charge in [-0.05, 0) is 25.0 Å². The van der Waals surface area contributed by atoms with Crippen molar-refractivity contribution in [1.82, 2.24) is 10.3 Å². The van der Waals surface area contributed by atoms with Crippen molar-refractivity contribution in [2.75, 3.05) is 18.0 Å². The van der Waals surface area contributed by atoms with Crippen molar-refractivity contribution in [2.45, 2.75) is 25.1 Å². The number of nitrogens with one attached hydrogen (secondary N) is 1. The number of pyridine rings is 1. The molecule has 0 saturated carbocycles. The van der Waals surface area contributed by atoms with E-state index in [2.05, 4.69) is 10.3 Å². The Morgan fingerprint density at radius 1 is 1.40 bits per heavy atom. The second-order valence-electron chi connectivity index (χ2n) is 4.61. The standard InChI is InChI=1S/C12H14F3N3O2/c13-12(14,15)8-1-4-16-10(7-8)18-5-2-9(3-6-18)17-11(19)20/h1,4,7,9,17H,2-3,5-6H2,(H,19,20). The van der Waals surface area contributed by atoms with Crippen LogP contribution < -0.4 is 10.2 Å². The van der Waals surface area contributed by atoms with E-state index in [0.29, 0.717) is 25.9 Å². The number of hydrogen-bond donors (Lipinski definition) is 2. The van der Waals surface area contributed by atoms with Gasteiger partial charge in [-0.3, -0.25) is 0 Å². The van der Waals surface area contributed by atoms with Crippen molar-refractivity contribution in [2.24, 2.45) is 0 Å². The van der Waals surface area contributed by atoms with Crippen LogP contribution in [0.25, 0.3) is 0 Å². The fourth-order valence-corrected chi connectivity index (χ4v) is 2.20. The molecular weight excluding hydrogens is 275 g/mol. The lowest BCUT2D eigenvalue weighted by Gasteiger charge is -2.32. The molecule has 0 spiro atoms. The molecule has 1 amide bonds. The summed E-state index contributed by atoms with van der Waals surface area (Å²) < 4.78 is 37.9. The lowest BCUT2D eigenvalue weighted by molar-refractivity contribution is -0.137. The van der Waals surface area contributed by atoms with Gasteiger partial charge in [-0.15, -0.1) is 0 Å². The second-order valence-corrected chi connectivity index (χ2v) is 4.61. The monoisotopic (exact) mass is 289 g/mol. The summed E-state index contributed by atoms with van der Waals surface area (Å²) in [5, 5.41) is 11.0. The topological polar surface area (TPSA) is 65.5 Å². The van der Waals surface area contributed by atoms with Crippen LogP contribution in [0.2, 0.25) is 0 Å². The zero-order valence-electron chi connectivity index (χ0n) is 10.5. The predicted octanol–water partition coefficient (Wildman–Crippen LogP) is 2.34. The summed E-state index contributed by atoms with van der Waals surface area (Å²) >= 11 is 0.